The van der Waals surface area contributed by atoms with Gasteiger partial charge < -0.3 is 4.74 Å². The molecular weight excluding hydrogens is 233 g/mol. The Balaban J connectivity index is 2.45. The van der Waals surface area contributed by atoms with Gasteiger partial charge in [-0.2, -0.15) is 13.2 Å². The Morgan fingerprint density at radius 3 is 2.53 bits per heavy atom. The lowest BCUT2D eigenvalue weighted by Gasteiger charge is -2.26. The summed E-state index contributed by atoms with van der Waals surface area (Å²) in [4.78, 5) is 11.3. The summed E-state index contributed by atoms with van der Waals surface area (Å²) < 4.78 is 42.6. The molecule has 1 heterocycles. The summed E-state index contributed by atoms with van der Waals surface area (Å²) in [6.07, 6.45) is -4.88. The lowest BCUT2D eigenvalue weighted by Crippen LogP contribution is -2.38. The van der Waals surface area contributed by atoms with Gasteiger partial charge in [-0.1, -0.05) is 6.07 Å². The molecule has 0 N–H and O–H groups in total. The topological polar surface area (TPSA) is 26.3 Å². The van der Waals surface area contributed by atoms with E-state index in [0.29, 0.717) is 5.56 Å². The second-order valence-electron chi connectivity index (χ2n) is 4.28. The molecule has 0 aliphatic carbocycles. The maximum absolute atomic E-state index is 12.6. The number of alkyl halides is 3. The molecular formula is C12H11F3O2. The number of fused-ring (bicyclic) bond motifs is 1. The lowest BCUT2D eigenvalue weighted by molar-refractivity contribution is -0.193. The van der Waals surface area contributed by atoms with E-state index in [1.165, 1.54) is 0 Å². The zero-order valence-electron chi connectivity index (χ0n) is 9.39. The van der Waals surface area contributed by atoms with Crippen molar-refractivity contribution in [1.29, 1.82) is 0 Å². The van der Waals surface area contributed by atoms with Gasteiger partial charge >= 0.3 is 12.1 Å². The number of hydrogen-bond acceptors (Lipinski definition) is 2. The summed E-state index contributed by atoms with van der Waals surface area (Å²) in [6, 6.07) is 3.37. The van der Waals surface area contributed by atoms with Crippen molar-refractivity contribution in [2.45, 2.75) is 26.4 Å². The molecule has 0 saturated carbocycles. The number of rotatable bonds is 0. The first-order valence-corrected chi connectivity index (χ1v) is 5.17. The minimum atomic E-state index is -4.55. The van der Waals surface area contributed by atoms with Gasteiger partial charge in [-0.15, -0.1) is 0 Å². The van der Waals surface area contributed by atoms with E-state index in [4.69, 9.17) is 4.74 Å². The van der Waals surface area contributed by atoms with Crippen LogP contribution in [0.1, 0.15) is 16.7 Å². The maximum atomic E-state index is 12.6. The van der Waals surface area contributed by atoms with Gasteiger partial charge in [0.05, 0.1) is 0 Å². The standard InChI is InChI=1S/C12H11F3O2/c1-6-3-7(2)8-5-9(12(13,14)15)11(16)17-10(8)4-6/h3-4,9H,5H2,1-2H3. The molecule has 1 aromatic carbocycles. The molecule has 5 heteroatoms. The quantitative estimate of drug-likeness (QED) is 0.518. The Morgan fingerprint density at radius 2 is 1.94 bits per heavy atom. The van der Waals surface area contributed by atoms with Gasteiger partial charge in [0.15, 0.2) is 5.92 Å². The van der Waals surface area contributed by atoms with E-state index in [-0.39, 0.29) is 12.2 Å². The fourth-order valence-corrected chi connectivity index (χ4v) is 2.03. The molecule has 1 atom stereocenters. The summed E-state index contributed by atoms with van der Waals surface area (Å²) in [7, 11) is 0. The van der Waals surface area contributed by atoms with Crippen LogP contribution in [-0.2, 0) is 11.2 Å². The van der Waals surface area contributed by atoms with Crippen molar-refractivity contribution in [2.75, 3.05) is 0 Å². The molecule has 0 fully saturated rings. The van der Waals surface area contributed by atoms with E-state index in [9.17, 15) is 18.0 Å². The molecule has 0 saturated heterocycles. The third kappa shape index (κ3) is 2.14. The Bertz CT molecular complexity index is 477. The molecule has 2 rings (SSSR count). The highest BCUT2D eigenvalue weighted by molar-refractivity contribution is 5.79. The van der Waals surface area contributed by atoms with E-state index in [2.05, 4.69) is 0 Å². The average molecular weight is 244 g/mol. The molecule has 1 aromatic rings. The molecule has 17 heavy (non-hydrogen) atoms. The van der Waals surface area contributed by atoms with Crippen LogP contribution in [0, 0.1) is 19.8 Å². The summed E-state index contributed by atoms with van der Waals surface area (Å²) in [5.41, 5.74) is 2.05. The van der Waals surface area contributed by atoms with Gasteiger partial charge in [0, 0.05) is 0 Å². The number of esters is 1. The normalized spacial score (nSPS) is 19.8. The van der Waals surface area contributed by atoms with Crippen LogP contribution in [-0.4, -0.2) is 12.1 Å². The van der Waals surface area contributed by atoms with Crippen molar-refractivity contribution in [3.05, 3.63) is 28.8 Å². The van der Waals surface area contributed by atoms with Crippen molar-refractivity contribution in [3.8, 4) is 5.75 Å². The molecule has 1 aliphatic rings. The lowest BCUT2D eigenvalue weighted by atomic mass is 9.91. The Kier molecular flexibility index (Phi) is 2.64. The maximum Gasteiger partial charge on any atom is 0.402 e. The molecule has 2 nitrogen and oxygen atoms in total. The Hall–Kier alpha value is -1.52. The monoisotopic (exact) mass is 244 g/mol. The second kappa shape index (κ2) is 3.75. The van der Waals surface area contributed by atoms with Gasteiger partial charge in [-0.3, -0.25) is 4.79 Å². The van der Waals surface area contributed by atoms with Crippen LogP contribution in [0.25, 0.3) is 0 Å². The van der Waals surface area contributed by atoms with E-state index >= 15 is 0 Å². The number of hydrogen-bond donors (Lipinski definition) is 0. The van der Waals surface area contributed by atoms with Crippen molar-refractivity contribution >= 4 is 5.97 Å². The number of carbonyl (C=O) groups is 1. The second-order valence-corrected chi connectivity index (χ2v) is 4.28. The van der Waals surface area contributed by atoms with Crippen LogP contribution >= 0.6 is 0 Å². The molecule has 0 aromatic heterocycles. The highest BCUT2D eigenvalue weighted by atomic mass is 19.4. The highest BCUT2D eigenvalue weighted by Gasteiger charge is 2.48. The smallest absolute Gasteiger partial charge is 0.402 e. The van der Waals surface area contributed by atoms with Crippen molar-refractivity contribution in [3.63, 3.8) is 0 Å². The first-order valence-electron chi connectivity index (χ1n) is 5.17. The van der Waals surface area contributed by atoms with Crippen LogP contribution in [0.15, 0.2) is 12.1 Å². The largest absolute Gasteiger partial charge is 0.426 e. The zero-order valence-corrected chi connectivity index (χ0v) is 9.39. The third-order valence-corrected chi connectivity index (χ3v) is 2.87. The number of ether oxygens (including phenoxy) is 1. The number of benzene rings is 1. The summed E-state index contributed by atoms with van der Waals surface area (Å²) in [6.45, 7) is 3.52. The van der Waals surface area contributed by atoms with Gasteiger partial charge in [0.1, 0.15) is 5.75 Å². The van der Waals surface area contributed by atoms with E-state index in [1.807, 2.05) is 0 Å². The van der Waals surface area contributed by atoms with Crippen LogP contribution in [0.4, 0.5) is 13.2 Å². The molecule has 0 spiro atoms. The first kappa shape index (κ1) is 12.0. The van der Waals surface area contributed by atoms with Crippen molar-refractivity contribution < 1.29 is 22.7 Å². The minimum Gasteiger partial charge on any atom is -0.426 e. The number of halogens is 3. The Morgan fingerprint density at radius 1 is 1.29 bits per heavy atom. The van der Waals surface area contributed by atoms with Crippen molar-refractivity contribution in [1.82, 2.24) is 0 Å². The molecule has 0 bridgehead atoms. The van der Waals surface area contributed by atoms with Gasteiger partial charge in [-0.25, -0.2) is 0 Å². The van der Waals surface area contributed by atoms with Gasteiger partial charge in [-0.05, 0) is 43.0 Å². The Labute approximate surface area is 96.4 Å². The fraction of sp³-hybridized carbons (Fsp3) is 0.417. The molecule has 1 aliphatic heterocycles. The van der Waals surface area contributed by atoms with Crippen LogP contribution in [0.2, 0.25) is 0 Å². The molecule has 0 amide bonds. The molecule has 1 unspecified atom stereocenters. The van der Waals surface area contributed by atoms with Crippen LogP contribution in [0.5, 0.6) is 5.75 Å². The van der Waals surface area contributed by atoms with Gasteiger partial charge in [0.25, 0.3) is 0 Å². The predicted molar refractivity (Wildman–Crippen MR) is 54.8 cm³/mol. The summed E-state index contributed by atoms with van der Waals surface area (Å²) in [5.74, 6) is -3.00. The highest BCUT2D eigenvalue weighted by Crippen LogP contribution is 2.38. The van der Waals surface area contributed by atoms with Crippen molar-refractivity contribution in [2.24, 2.45) is 5.92 Å². The third-order valence-electron chi connectivity index (χ3n) is 2.87. The van der Waals surface area contributed by atoms with Crippen LogP contribution in [0.3, 0.4) is 0 Å². The summed E-state index contributed by atoms with van der Waals surface area (Å²) >= 11 is 0. The molecule has 92 valence electrons. The minimum absolute atomic E-state index is 0.257. The van der Waals surface area contributed by atoms with Gasteiger partial charge in [0.2, 0.25) is 0 Å². The molecule has 0 radical (unpaired) electrons. The SMILES string of the molecule is Cc1cc(C)c2c(c1)OC(=O)C(C(F)(F)F)C2. The average Bonchev–Trinajstić information content (AvgIpc) is 2.13. The number of carbonyl (C=O) groups excluding carboxylic acids is 1. The van der Waals surface area contributed by atoms with Crippen LogP contribution < -0.4 is 4.74 Å². The van der Waals surface area contributed by atoms with E-state index < -0.39 is 18.1 Å². The fourth-order valence-electron chi connectivity index (χ4n) is 2.03. The summed E-state index contributed by atoms with van der Waals surface area (Å²) in [5, 5.41) is 0. The first-order chi connectivity index (χ1) is 7.79. The number of aryl methyl sites for hydroxylation is 2. The van der Waals surface area contributed by atoms with E-state index in [1.54, 1.807) is 26.0 Å². The zero-order chi connectivity index (χ0) is 12.8. The van der Waals surface area contributed by atoms with E-state index in [0.717, 1.165) is 11.1 Å². The predicted octanol–water partition coefficient (Wildman–Crippen LogP) is 2.94.